The van der Waals surface area contributed by atoms with E-state index in [1.807, 2.05) is 20.8 Å². The molecule has 0 aliphatic rings. The maximum Gasteiger partial charge on any atom is 0.282 e. The molecule has 106 valence electrons. The lowest BCUT2D eigenvalue weighted by molar-refractivity contribution is -0.384. The molecule has 6 heteroatoms. The van der Waals surface area contributed by atoms with E-state index in [2.05, 4.69) is 10.3 Å². The molecule has 2 rings (SSSR count). The van der Waals surface area contributed by atoms with E-state index >= 15 is 0 Å². The summed E-state index contributed by atoms with van der Waals surface area (Å²) in [6, 6.07) is 5.22. The number of nitro benzene ring substituents is 1. The summed E-state index contributed by atoms with van der Waals surface area (Å²) in [5.41, 5.74) is 2.06. The molecule has 0 unspecified atom stereocenters. The highest BCUT2D eigenvalue weighted by atomic mass is 16.6. The molecule has 0 radical (unpaired) electrons. The average Bonchev–Trinajstić information content (AvgIpc) is 2.84. The summed E-state index contributed by atoms with van der Waals surface area (Å²) in [6.07, 6.45) is 1.52. The summed E-state index contributed by atoms with van der Waals surface area (Å²) in [4.78, 5) is 14.9. The Morgan fingerprint density at radius 1 is 1.45 bits per heavy atom. The van der Waals surface area contributed by atoms with E-state index in [0.717, 1.165) is 11.3 Å². The van der Waals surface area contributed by atoms with Gasteiger partial charge in [-0.1, -0.05) is 19.9 Å². The zero-order valence-electron chi connectivity index (χ0n) is 11.7. The number of hydrogen-bond acceptors (Lipinski definition) is 5. The van der Waals surface area contributed by atoms with E-state index in [1.54, 1.807) is 12.1 Å². The maximum atomic E-state index is 11.1. The van der Waals surface area contributed by atoms with Crippen LogP contribution in [-0.2, 0) is 6.54 Å². The predicted molar refractivity (Wildman–Crippen MR) is 75.3 cm³/mol. The van der Waals surface area contributed by atoms with Gasteiger partial charge < -0.3 is 9.73 Å². The lowest BCUT2D eigenvalue weighted by Crippen LogP contribution is -2.21. The van der Waals surface area contributed by atoms with Crippen LogP contribution in [0.1, 0.15) is 25.1 Å². The maximum absolute atomic E-state index is 11.1. The third-order valence-electron chi connectivity index (χ3n) is 2.82. The van der Waals surface area contributed by atoms with E-state index in [-0.39, 0.29) is 11.6 Å². The summed E-state index contributed by atoms with van der Waals surface area (Å²) in [6.45, 7) is 6.51. The first-order valence-electron chi connectivity index (χ1n) is 6.40. The SMILES string of the molecule is Cc1ccc([N+](=O)[O-])c(-c2nc(CNC(C)C)co2)c1. The lowest BCUT2D eigenvalue weighted by Gasteiger charge is -2.04. The number of aromatic nitrogens is 1. The Labute approximate surface area is 117 Å². The number of aryl methyl sites for hydroxylation is 1. The molecule has 0 aliphatic heterocycles. The minimum Gasteiger partial charge on any atom is -0.444 e. The Morgan fingerprint density at radius 3 is 2.85 bits per heavy atom. The van der Waals surface area contributed by atoms with Gasteiger partial charge in [0.05, 0.1) is 10.6 Å². The van der Waals surface area contributed by atoms with Gasteiger partial charge >= 0.3 is 0 Å². The number of rotatable bonds is 5. The molecule has 0 fully saturated rings. The van der Waals surface area contributed by atoms with Crippen LogP contribution >= 0.6 is 0 Å². The summed E-state index contributed by atoms with van der Waals surface area (Å²) in [7, 11) is 0. The first-order chi connectivity index (χ1) is 9.47. The molecule has 0 aliphatic carbocycles. The quantitative estimate of drug-likeness (QED) is 0.670. The van der Waals surface area contributed by atoms with E-state index in [1.165, 1.54) is 12.3 Å². The van der Waals surface area contributed by atoms with E-state index in [0.29, 0.717) is 18.2 Å². The molecule has 6 nitrogen and oxygen atoms in total. The minimum absolute atomic E-state index is 0.000758. The first kappa shape index (κ1) is 14.2. The third kappa shape index (κ3) is 3.21. The number of hydrogen-bond donors (Lipinski definition) is 1. The molecule has 0 saturated carbocycles. The standard InChI is InChI=1S/C14H17N3O3/c1-9(2)15-7-11-8-20-14(16-11)12-6-10(3)4-5-13(12)17(18)19/h4-6,8-9,15H,7H2,1-3H3. The van der Waals surface area contributed by atoms with E-state index < -0.39 is 4.92 Å². The summed E-state index contributed by atoms with van der Waals surface area (Å²) in [5, 5.41) is 14.3. The van der Waals surface area contributed by atoms with Crippen molar-refractivity contribution in [1.29, 1.82) is 0 Å². The number of oxazole rings is 1. The van der Waals surface area contributed by atoms with Crippen LogP contribution in [0.4, 0.5) is 5.69 Å². The van der Waals surface area contributed by atoms with Crippen molar-refractivity contribution >= 4 is 5.69 Å². The fraction of sp³-hybridized carbons (Fsp3) is 0.357. The van der Waals surface area contributed by atoms with Crippen molar-refractivity contribution in [3.8, 4) is 11.5 Å². The molecule has 0 bridgehead atoms. The van der Waals surface area contributed by atoms with Gasteiger partial charge in [0, 0.05) is 18.7 Å². The van der Waals surface area contributed by atoms with Gasteiger partial charge in [-0.3, -0.25) is 10.1 Å². The van der Waals surface area contributed by atoms with Crippen LogP contribution in [0.5, 0.6) is 0 Å². The van der Waals surface area contributed by atoms with Gasteiger partial charge in [0.1, 0.15) is 11.8 Å². The molecule has 1 aromatic heterocycles. The highest BCUT2D eigenvalue weighted by molar-refractivity contribution is 5.67. The summed E-state index contributed by atoms with van der Waals surface area (Å²) < 4.78 is 5.37. The largest absolute Gasteiger partial charge is 0.444 e. The lowest BCUT2D eigenvalue weighted by atomic mass is 10.1. The Bertz CT molecular complexity index is 620. The van der Waals surface area contributed by atoms with Crippen LogP contribution in [0.2, 0.25) is 0 Å². The Morgan fingerprint density at radius 2 is 2.20 bits per heavy atom. The van der Waals surface area contributed by atoms with Crippen molar-refractivity contribution in [1.82, 2.24) is 10.3 Å². The number of nitrogens with zero attached hydrogens (tertiary/aromatic N) is 2. The Balaban J connectivity index is 2.32. The second kappa shape index (κ2) is 5.83. The average molecular weight is 275 g/mol. The zero-order valence-corrected chi connectivity index (χ0v) is 11.7. The van der Waals surface area contributed by atoms with E-state index in [9.17, 15) is 10.1 Å². The topological polar surface area (TPSA) is 81.2 Å². The Hall–Kier alpha value is -2.21. The van der Waals surface area contributed by atoms with Crippen molar-refractivity contribution in [3.05, 3.63) is 45.8 Å². The molecule has 0 spiro atoms. The van der Waals surface area contributed by atoms with Gasteiger partial charge in [0.2, 0.25) is 5.89 Å². The highest BCUT2D eigenvalue weighted by Crippen LogP contribution is 2.30. The van der Waals surface area contributed by atoms with Gasteiger partial charge in [-0.25, -0.2) is 4.98 Å². The summed E-state index contributed by atoms with van der Waals surface area (Å²) in [5.74, 6) is 0.279. The van der Waals surface area contributed by atoms with Crippen LogP contribution in [0.15, 0.2) is 28.9 Å². The smallest absolute Gasteiger partial charge is 0.282 e. The van der Waals surface area contributed by atoms with E-state index in [4.69, 9.17) is 4.42 Å². The van der Waals surface area contributed by atoms with Gasteiger partial charge in [-0.2, -0.15) is 0 Å². The third-order valence-corrected chi connectivity index (χ3v) is 2.82. The van der Waals surface area contributed by atoms with Gasteiger partial charge in [0.15, 0.2) is 0 Å². The zero-order chi connectivity index (χ0) is 14.7. The number of nitrogens with one attached hydrogen (secondary N) is 1. The molecule has 1 heterocycles. The molecule has 0 atom stereocenters. The van der Waals surface area contributed by atoms with Crippen LogP contribution < -0.4 is 5.32 Å². The Kier molecular flexibility index (Phi) is 4.14. The molecule has 1 aromatic carbocycles. The fourth-order valence-electron chi connectivity index (χ4n) is 1.80. The minimum atomic E-state index is -0.426. The monoisotopic (exact) mass is 275 g/mol. The molecule has 0 saturated heterocycles. The molecule has 20 heavy (non-hydrogen) atoms. The van der Waals surface area contributed by atoms with Crippen LogP contribution in [0, 0.1) is 17.0 Å². The van der Waals surface area contributed by atoms with Crippen LogP contribution in [0.25, 0.3) is 11.5 Å². The van der Waals surface area contributed by atoms with Crippen molar-refractivity contribution in [2.45, 2.75) is 33.4 Å². The first-order valence-corrected chi connectivity index (χ1v) is 6.40. The molecular weight excluding hydrogens is 258 g/mol. The van der Waals surface area contributed by atoms with Crippen molar-refractivity contribution in [3.63, 3.8) is 0 Å². The van der Waals surface area contributed by atoms with Gasteiger partial charge in [0.25, 0.3) is 5.69 Å². The fourth-order valence-corrected chi connectivity index (χ4v) is 1.80. The van der Waals surface area contributed by atoms with Gasteiger partial charge in [-0.05, 0) is 18.6 Å². The van der Waals surface area contributed by atoms with Crippen molar-refractivity contribution < 1.29 is 9.34 Å². The van der Waals surface area contributed by atoms with Crippen molar-refractivity contribution in [2.24, 2.45) is 0 Å². The number of benzene rings is 1. The van der Waals surface area contributed by atoms with Crippen LogP contribution in [0.3, 0.4) is 0 Å². The molecule has 1 N–H and O–H groups in total. The van der Waals surface area contributed by atoms with Gasteiger partial charge in [-0.15, -0.1) is 0 Å². The van der Waals surface area contributed by atoms with Crippen molar-refractivity contribution in [2.75, 3.05) is 0 Å². The number of nitro groups is 1. The van der Waals surface area contributed by atoms with Crippen LogP contribution in [-0.4, -0.2) is 15.9 Å². The second-order valence-electron chi connectivity index (χ2n) is 4.96. The summed E-state index contributed by atoms with van der Waals surface area (Å²) >= 11 is 0. The molecule has 2 aromatic rings. The molecular formula is C14H17N3O3. The second-order valence-corrected chi connectivity index (χ2v) is 4.96. The highest BCUT2D eigenvalue weighted by Gasteiger charge is 2.19. The predicted octanol–water partition coefficient (Wildman–Crippen LogP) is 3.06. The molecule has 0 amide bonds. The normalized spacial score (nSPS) is 11.0.